The van der Waals surface area contributed by atoms with Gasteiger partial charge in [0.2, 0.25) is 0 Å². The number of carbonyl (C=O) groups excluding carboxylic acids is 2. The first-order chi connectivity index (χ1) is 11.5. The first-order valence-corrected chi connectivity index (χ1v) is 8.20. The molecule has 0 aromatic rings. The largest absolute Gasteiger partial charge is 0.542 e. The number of carboxylic acids is 2. The van der Waals surface area contributed by atoms with Gasteiger partial charge in [-0.15, -0.1) is 12.4 Å². The SMILES string of the molecule is CC(=O)O.CC(=O)O.CC[N]=[Pd]=[O].C[C-]=O.C[C-]=O.C[CH-]C.C[CH-]C.Cl.[Li]. The number of hydrogen-bond acceptors (Lipinski definition) is 6. The number of carboxylic acid groups (broad SMARTS) is 2. The molecule has 0 aromatic carbocycles. The normalized spacial score (nSPS) is 5.67. The fraction of sp³-hybridized carbons (Fsp3) is 0.625. The Morgan fingerprint density at radius 3 is 1.04 bits per heavy atom. The fourth-order valence-electron chi connectivity index (χ4n) is 0.0408. The molecule has 0 aliphatic heterocycles. The second-order valence-electron chi connectivity index (χ2n) is 3.07. The van der Waals surface area contributed by atoms with Crippen LogP contribution in [-0.2, 0) is 40.4 Å². The van der Waals surface area contributed by atoms with E-state index in [1.807, 2.05) is 47.5 Å². The van der Waals surface area contributed by atoms with Gasteiger partial charge in [-0.2, -0.15) is 41.5 Å². The zero-order chi connectivity index (χ0) is 22.1. The molecule has 0 aliphatic carbocycles. The van der Waals surface area contributed by atoms with Crippen LogP contribution in [0.15, 0.2) is 3.57 Å². The third kappa shape index (κ3) is 6830. The molecule has 0 unspecified atom stereocenters. The maximum Gasteiger partial charge on any atom is 0 e. The van der Waals surface area contributed by atoms with Crippen LogP contribution in [0.5, 0.6) is 0 Å². The van der Waals surface area contributed by atoms with E-state index in [1.165, 1.54) is 26.4 Å². The van der Waals surface area contributed by atoms with Crippen LogP contribution in [0.3, 0.4) is 0 Å². The number of hydrogen-bond donors (Lipinski definition) is 2. The molecule has 8 nitrogen and oxygen atoms in total. The molecule has 11 heteroatoms. The fourth-order valence-corrected chi connectivity index (χ4v) is 0.242. The summed E-state index contributed by atoms with van der Waals surface area (Å²) < 4.78 is 12.9. The number of halogens is 1. The summed E-state index contributed by atoms with van der Waals surface area (Å²) >= 11 is -0.616. The monoisotopic (exact) mass is 500 g/mol. The molecule has 0 amide bonds. The van der Waals surface area contributed by atoms with Crippen molar-refractivity contribution in [2.45, 2.75) is 62.3 Å². The molecule has 0 saturated carbocycles. The molecule has 1 radical (unpaired) electrons. The van der Waals surface area contributed by atoms with E-state index < -0.39 is 29.7 Å². The minimum atomic E-state index is -0.833. The first-order valence-electron chi connectivity index (χ1n) is 6.87. The molecule has 2 N–H and O–H groups in total. The van der Waals surface area contributed by atoms with Gasteiger partial charge >= 0.3 is 38.3 Å². The number of rotatable bonds is 1. The predicted molar refractivity (Wildman–Crippen MR) is 107 cm³/mol. The van der Waals surface area contributed by atoms with Gasteiger partial charge in [0.1, 0.15) is 0 Å². The second-order valence-corrected chi connectivity index (χ2v) is 3.85. The quantitative estimate of drug-likeness (QED) is 0.414. The van der Waals surface area contributed by atoms with Gasteiger partial charge in [-0.05, 0) is 0 Å². The van der Waals surface area contributed by atoms with E-state index in [2.05, 4.69) is 3.57 Å². The third-order valence-electron chi connectivity index (χ3n) is 0.141. The minimum Gasteiger partial charge on any atom is -0.542 e. The first kappa shape index (κ1) is 56.3. The molecule has 27 heavy (non-hydrogen) atoms. The molecule has 167 valence electrons. The van der Waals surface area contributed by atoms with Crippen molar-refractivity contribution in [2.24, 2.45) is 3.57 Å². The minimum absolute atomic E-state index is 0. The van der Waals surface area contributed by atoms with Crippen molar-refractivity contribution in [1.82, 2.24) is 0 Å². The summed E-state index contributed by atoms with van der Waals surface area (Å²) in [7, 11) is 0. The average Bonchev–Trinajstić information content (AvgIpc) is 2.41. The molecular formula is C16H34ClLiNO7Pd-4. The Bertz CT molecular complexity index is 276. The van der Waals surface area contributed by atoms with Gasteiger partial charge in [-0.1, -0.05) is 0 Å². The Morgan fingerprint density at radius 2 is 1.04 bits per heavy atom. The number of carbonyl (C=O) groups is 2. The Labute approximate surface area is 191 Å². The molecular weight excluding hydrogens is 467 g/mol. The molecule has 0 fully saturated rings. The van der Waals surface area contributed by atoms with Gasteiger partial charge in [0, 0.05) is 32.7 Å². The van der Waals surface area contributed by atoms with Crippen molar-refractivity contribution < 1.29 is 50.6 Å². The van der Waals surface area contributed by atoms with Crippen molar-refractivity contribution in [3.63, 3.8) is 0 Å². The maximum atomic E-state index is 9.41. The summed E-state index contributed by atoms with van der Waals surface area (Å²) in [6, 6.07) is 0. The van der Waals surface area contributed by atoms with E-state index >= 15 is 0 Å². The topological polar surface area (TPSA) is 138 Å². The van der Waals surface area contributed by atoms with E-state index in [0.29, 0.717) is 6.54 Å². The van der Waals surface area contributed by atoms with Crippen molar-refractivity contribution in [2.75, 3.05) is 6.54 Å². The zero-order valence-corrected chi connectivity index (χ0v) is 20.3. The maximum absolute atomic E-state index is 9.41. The number of aliphatic carboxylic acids is 2. The van der Waals surface area contributed by atoms with Gasteiger partial charge in [0.05, 0.1) is 0 Å². The number of nitrogens with zero attached hydrogens (tertiary/aromatic N) is 1. The van der Waals surface area contributed by atoms with Crippen LogP contribution >= 0.6 is 12.4 Å². The van der Waals surface area contributed by atoms with Crippen LogP contribution in [0, 0.1) is 12.8 Å². The molecule has 0 bridgehead atoms. The van der Waals surface area contributed by atoms with Gasteiger partial charge < -0.3 is 32.6 Å². The van der Waals surface area contributed by atoms with Crippen molar-refractivity contribution in [3.05, 3.63) is 12.8 Å². The van der Waals surface area contributed by atoms with Gasteiger partial charge in [-0.3, -0.25) is 22.2 Å². The summed E-state index contributed by atoms with van der Waals surface area (Å²) in [4.78, 5) is 35.4. The average molecular weight is 501 g/mol. The third-order valence-corrected chi connectivity index (χ3v) is 0.833. The van der Waals surface area contributed by atoms with Crippen LogP contribution in [-0.4, -0.2) is 60.1 Å². The summed E-state index contributed by atoms with van der Waals surface area (Å²) in [5.74, 6) is -1.67. The van der Waals surface area contributed by atoms with Crippen LogP contribution in [0.4, 0.5) is 0 Å². The molecule has 0 rings (SSSR count). The summed E-state index contributed by atoms with van der Waals surface area (Å²) in [5, 5.41) is 14.8. The molecule has 0 aliphatic rings. The molecule has 0 atom stereocenters. The van der Waals surface area contributed by atoms with E-state index in [1.54, 1.807) is 0 Å². The van der Waals surface area contributed by atoms with E-state index in [4.69, 9.17) is 29.4 Å². The van der Waals surface area contributed by atoms with Crippen molar-refractivity contribution in [1.29, 1.82) is 0 Å². The van der Waals surface area contributed by atoms with E-state index in [-0.39, 0.29) is 31.3 Å². The van der Waals surface area contributed by atoms with E-state index in [9.17, 15) is 3.47 Å². The van der Waals surface area contributed by atoms with Crippen LogP contribution < -0.4 is 0 Å². The van der Waals surface area contributed by atoms with Gasteiger partial charge in [0.25, 0.3) is 11.9 Å². The molecule has 0 spiro atoms. The van der Waals surface area contributed by atoms with Crippen LogP contribution in [0.25, 0.3) is 0 Å². The smallest absolute Gasteiger partial charge is 0 e. The molecule has 0 saturated heterocycles. The van der Waals surface area contributed by atoms with Crippen LogP contribution in [0.1, 0.15) is 62.3 Å². The molecule has 0 heterocycles. The summed E-state index contributed by atoms with van der Waals surface area (Å²) in [6.07, 6.45) is 7.00. The Hall–Kier alpha value is -0.570. The zero-order valence-electron chi connectivity index (χ0n) is 18.0. The predicted octanol–water partition coefficient (Wildman–Crippen LogP) is 3.53. The summed E-state index contributed by atoms with van der Waals surface area (Å²) in [5.41, 5.74) is 0. The van der Waals surface area contributed by atoms with Gasteiger partial charge in [0.15, 0.2) is 0 Å². The second kappa shape index (κ2) is 98.2. The summed E-state index contributed by atoms with van der Waals surface area (Å²) in [6.45, 7) is 15.3. The van der Waals surface area contributed by atoms with Crippen molar-refractivity contribution >= 4 is 55.8 Å². The molecule has 0 aromatic heterocycles. The standard InChI is InChI=1S/2C3H7.C2H5N.2C2H4O2.2C2H3O.ClH.Li.O.Pd/c2*1-3-2;1-2-3;2*1-2(3)4;2*1-2-3;;;;/h2*3H,1-2H3;2H2,1H3;2*1H3,(H,3,4);2*1H3;1H;;;/q2*-1;;;;2*-1;;;;. The Morgan fingerprint density at radius 1 is 0.926 bits per heavy atom. The van der Waals surface area contributed by atoms with E-state index in [0.717, 1.165) is 13.8 Å². The van der Waals surface area contributed by atoms with Crippen LogP contribution in [0.2, 0.25) is 0 Å². The Kier molecular flexibility index (Phi) is 205. The van der Waals surface area contributed by atoms with Gasteiger partial charge in [-0.25, -0.2) is 0 Å². The Balaban J connectivity index is -0.0000000200. The van der Waals surface area contributed by atoms with Crippen molar-refractivity contribution in [3.8, 4) is 0 Å².